The van der Waals surface area contributed by atoms with Crippen molar-refractivity contribution in [2.45, 2.75) is 20.8 Å². The number of aryl methyl sites for hydroxylation is 1. The zero-order valence-corrected chi connectivity index (χ0v) is 19.8. The highest BCUT2D eigenvalue weighted by Crippen LogP contribution is 2.37. The molecular weight excluding hydrogens is 466 g/mol. The first-order valence-corrected chi connectivity index (χ1v) is 10.8. The van der Waals surface area contributed by atoms with Gasteiger partial charge < -0.3 is 14.8 Å². The predicted octanol–water partition coefficient (Wildman–Crippen LogP) is 3.29. The molecule has 0 unspecified atom stereocenters. The Bertz CT molecular complexity index is 1160. The van der Waals surface area contributed by atoms with Crippen LogP contribution in [0.1, 0.15) is 23.6 Å². The minimum Gasteiger partial charge on any atom is -0.490 e. The van der Waals surface area contributed by atoms with Gasteiger partial charge in [-0.15, -0.1) is 0 Å². The number of carbonyl (C=O) groups is 3. The SMILES string of the molecule is CCOc1cc(C=C2C(=O)NC(=S)NC2=O)cc(Cl)c1OCC(=O)Nc1cccc(C)c1C. The zero-order valence-electron chi connectivity index (χ0n) is 18.2. The first-order chi connectivity index (χ1) is 15.7. The number of benzene rings is 2. The summed E-state index contributed by atoms with van der Waals surface area (Å²) in [5.41, 5.74) is 3.02. The first-order valence-electron chi connectivity index (χ1n) is 10.0. The standard InChI is InChI=1S/C23H22ClN3O5S/c1-4-31-18-10-14(8-15-21(29)26-23(33)27-22(15)30)9-16(24)20(18)32-11-19(28)25-17-7-5-6-12(2)13(17)3/h5-10H,4,11H2,1-3H3,(H,25,28)(H2,26,27,29,30,33). The Kier molecular flexibility index (Phi) is 7.67. The van der Waals surface area contributed by atoms with Gasteiger partial charge in [-0.05, 0) is 74.0 Å². The number of rotatable bonds is 7. The topological polar surface area (TPSA) is 106 Å². The van der Waals surface area contributed by atoms with E-state index in [0.29, 0.717) is 17.9 Å². The van der Waals surface area contributed by atoms with Crippen molar-refractivity contribution in [3.63, 3.8) is 0 Å². The summed E-state index contributed by atoms with van der Waals surface area (Å²) in [4.78, 5) is 36.6. The predicted molar refractivity (Wildman–Crippen MR) is 130 cm³/mol. The molecule has 0 atom stereocenters. The summed E-state index contributed by atoms with van der Waals surface area (Å²) in [7, 11) is 0. The van der Waals surface area contributed by atoms with E-state index in [9.17, 15) is 14.4 Å². The normalized spacial score (nSPS) is 13.2. The van der Waals surface area contributed by atoms with Crippen LogP contribution >= 0.6 is 23.8 Å². The molecule has 0 aliphatic carbocycles. The van der Waals surface area contributed by atoms with Crippen LogP contribution < -0.4 is 25.4 Å². The molecule has 8 nitrogen and oxygen atoms in total. The molecule has 0 aromatic heterocycles. The van der Waals surface area contributed by atoms with Crippen molar-refractivity contribution in [2.24, 2.45) is 0 Å². The Morgan fingerprint density at radius 1 is 1.15 bits per heavy atom. The van der Waals surface area contributed by atoms with Gasteiger partial charge in [0.15, 0.2) is 23.2 Å². The summed E-state index contributed by atoms with van der Waals surface area (Å²) in [6.07, 6.45) is 1.36. The lowest BCUT2D eigenvalue weighted by Crippen LogP contribution is -2.51. The summed E-state index contributed by atoms with van der Waals surface area (Å²) < 4.78 is 11.3. The molecule has 3 N–H and O–H groups in total. The van der Waals surface area contributed by atoms with Crippen LogP contribution in [-0.4, -0.2) is 36.0 Å². The van der Waals surface area contributed by atoms with Crippen LogP contribution in [0.3, 0.4) is 0 Å². The van der Waals surface area contributed by atoms with Crippen LogP contribution in [0.4, 0.5) is 5.69 Å². The van der Waals surface area contributed by atoms with Crippen LogP contribution in [0.25, 0.3) is 6.08 Å². The van der Waals surface area contributed by atoms with E-state index in [2.05, 4.69) is 16.0 Å². The van der Waals surface area contributed by atoms with E-state index in [1.54, 1.807) is 13.0 Å². The third-order valence-electron chi connectivity index (χ3n) is 4.81. The first kappa shape index (κ1) is 24.2. The van der Waals surface area contributed by atoms with Crippen molar-refractivity contribution in [3.8, 4) is 11.5 Å². The lowest BCUT2D eigenvalue weighted by molar-refractivity contribution is -0.123. The summed E-state index contributed by atoms with van der Waals surface area (Å²) in [6, 6.07) is 8.69. The van der Waals surface area contributed by atoms with Crippen molar-refractivity contribution >= 4 is 58.4 Å². The molecule has 172 valence electrons. The molecule has 0 bridgehead atoms. The van der Waals surface area contributed by atoms with Crippen LogP contribution in [0, 0.1) is 13.8 Å². The molecule has 10 heteroatoms. The molecule has 3 amide bonds. The summed E-state index contributed by atoms with van der Waals surface area (Å²) in [6.45, 7) is 5.66. The molecule has 33 heavy (non-hydrogen) atoms. The van der Waals surface area contributed by atoms with Gasteiger partial charge >= 0.3 is 0 Å². The molecule has 2 aromatic carbocycles. The van der Waals surface area contributed by atoms with Gasteiger partial charge in [-0.1, -0.05) is 23.7 Å². The monoisotopic (exact) mass is 487 g/mol. The Morgan fingerprint density at radius 3 is 2.52 bits per heavy atom. The second kappa shape index (κ2) is 10.5. The van der Waals surface area contributed by atoms with E-state index >= 15 is 0 Å². The third-order valence-corrected chi connectivity index (χ3v) is 5.30. The van der Waals surface area contributed by atoms with Gasteiger partial charge in [-0.3, -0.25) is 25.0 Å². The fraction of sp³-hybridized carbons (Fsp3) is 0.217. The molecule has 0 radical (unpaired) electrons. The Morgan fingerprint density at radius 2 is 1.85 bits per heavy atom. The van der Waals surface area contributed by atoms with Crippen molar-refractivity contribution in [1.29, 1.82) is 0 Å². The van der Waals surface area contributed by atoms with Crippen molar-refractivity contribution in [2.75, 3.05) is 18.5 Å². The van der Waals surface area contributed by atoms with Crippen LogP contribution in [-0.2, 0) is 14.4 Å². The average Bonchev–Trinajstić information content (AvgIpc) is 2.73. The quantitative estimate of drug-likeness (QED) is 0.314. The lowest BCUT2D eigenvalue weighted by atomic mass is 10.1. The Hall–Kier alpha value is -3.43. The molecule has 1 fully saturated rings. The maximum atomic E-state index is 12.4. The molecule has 1 heterocycles. The second-order valence-corrected chi connectivity index (χ2v) is 7.96. The van der Waals surface area contributed by atoms with Crippen LogP contribution in [0.15, 0.2) is 35.9 Å². The number of nitrogens with one attached hydrogen (secondary N) is 3. The molecule has 0 saturated carbocycles. The van der Waals surface area contributed by atoms with Crippen molar-refractivity contribution in [1.82, 2.24) is 10.6 Å². The smallest absolute Gasteiger partial charge is 0.263 e. The van der Waals surface area contributed by atoms with Crippen LogP contribution in [0.2, 0.25) is 5.02 Å². The maximum Gasteiger partial charge on any atom is 0.263 e. The fourth-order valence-electron chi connectivity index (χ4n) is 3.06. The van der Waals surface area contributed by atoms with Crippen molar-refractivity contribution < 1.29 is 23.9 Å². The van der Waals surface area contributed by atoms with Gasteiger partial charge in [-0.2, -0.15) is 0 Å². The number of ether oxygens (including phenoxy) is 2. The number of hydrogen-bond acceptors (Lipinski definition) is 6. The molecular formula is C23H22ClN3O5S. The number of thiocarbonyl (C=S) groups is 1. The number of amides is 3. The number of carbonyl (C=O) groups excluding carboxylic acids is 3. The van der Waals surface area contributed by atoms with Gasteiger partial charge in [0.05, 0.1) is 11.6 Å². The minimum absolute atomic E-state index is 0.0573. The number of hydrogen-bond donors (Lipinski definition) is 3. The number of anilines is 1. The van der Waals surface area contributed by atoms with Gasteiger partial charge in [0, 0.05) is 5.69 Å². The zero-order chi connectivity index (χ0) is 24.1. The lowest BCUT2D eigenvalue weighted by Gasteiger charge is -2.17. The molecule has 3 rings (SSSR count). The maximum absolute atomic E-state index is 12.4. The second-order valence-electron chi connectivity index (χ2n) is 7.14. The van der Waals surface area contributed by atoms with E-state index in [-0.39, 0.29) is 39.7 Å². The van der Waals surface area contributed by atoms with Gasteiger partial charge in [-0.25, -0.2) is 0 Å². The van der Waals surface area contributed by atoms with E-state index in [1.807, 2.05) is 32.0 Å². The van der Waals surface area contributed by atoms with E-state index in [1.165, 1.54) is 12.1 Å². The molecule has 2 aromatic rings. The van der Waals surface area contributed by atoms with E-state index < -0.39 is 11.8 Å². The third kappa shape index (κ3) is 5.88. The van der Waals surface area contributed by atoms with Gasteiger partial charge in [0.2, 0.25) is 0 Å². The molecule has 1 aliphatic rings. The minimum atomic E-state index is -0.624. The van der Waals surface area contributed by atoms with E-state index in [0.717, 1.165) is 11.1 Å². The summed E-state index contributed by atoms with van der Waals surface area (Å²) in [5, 5.41) is 7.64. The highest BCUT2D eigenvalue weighted by Gasteiger charge is 2.26. The summed E-state index contributed by atoms with van der Waals surface area (Å²) >= 11 is 11.2. The molecule has 1 aliphatic heterocycles. The fourth-order valence-corrected chi connectivity index (χ4v) is 3.52. The molecule has 0 spiro atoms. The largest absolute Gasteiger partial charge is 0.490 e. The highest BCUT2D eigenvalue weighted by atomic mass is 35.5. The van der Waals surface area contributed by atoms with Gasteiger partial charge in [0.1, 0.15) is 5.57 Å². The Labute approximate surface area is 201 Å². The van der Waals surface area contributed by atoms with Gasteiger partial charge in [0.25, 0.3) is 17.7 Å². The van der Waals surface area contributed by atoms with Crippen molar-refractivity contribution in [3.05, 3.63) is 57.6 Å². The Balaban J connectivity index is 1.80. The summed E-state index contributed by atoms with van der Waals surface area (Å²) in [5.74, 6) is -1.17. The van der Waals surface area contributed by atoms with Crippen LogP contribution in [0.5, 0.6) is 11.5 Å². The average molecular weight is 488 g/mol. The number of halogens is 1. The molecule has 1 saturated heterocycles. The highest BCUT2D eigenvalue weighted by molar-refractivity contribution is 7.80. The van der Waals surface area contributed by atoms with E-state index in [4.69, 9.17) is 33.3 Å².